The molecule has 0 aromatic heterocycles. The number of hydrogen-bond donors (Lipinski definition) is 0. The van der Waals surface area contributed by atoms with Crippen LogP contribution >= 0.6 is 0 Å². The first-order valence-electron chi connectivity index (χ1n) is 10.5. The Kier molecular flexibility index (Phi) is 7.53. The Morgan fingerprint density at radius 1 is 1.19 bits per heavy atom. The van der Waals surface area contributed by atoms with E-state index in [0.717, 1.165) is 0 Å². The first kappa shape index (κ1) is 24.2. The van der Waals surface area contributed by atoms with Crippen LogP contribution < -0.4 is 4.74 Å². The minimum absolute atomic E-state index is 0.0659. The van der Waals surface area contributed by atoms with Crippen LogP contribution in [0, 0.1) is 5.82 Å². The molecule has 32 heavy (non-hydrogen) atoms. The number of methoxy groups -OCH3 is 1. The molecule has 2 aromatic rings. The number of morpholine rings is 1. The zero-order chi connectivity index (χ0) is 23.5. The molecule has 1 amide bonds. The molecular weight excluding hydrogens is 435 g/mol. The van der Waals surface area contributed by atoms with Crippen LogP contribution in [-0.2, 0) is 21.3 Å². The largest absolute Gasteiger partial charge is 0.494 e. The lowest BCUT2D eigenvalue weighted by atomic mass is 10.1. The van der Waals surface area contributed by atoms with Crippen molar-refractivity contribution in [3.05, 3.63) is 59.4 Å². The van der Waals surface area contributed by atoms with Gasteiger partial charge in [-0.05, 0) is 56.7 Å². The van der Waals surface area contributed by atoms with E-state index < -0.39 is 15.8 Å². The molecule has 0 saturated carbocycles. The number of sulfonamides is 1. The molecule has 174 valence electrons. The van der Waals surface area contributed by atoms with Crippen molar-refractivity contribution in [2.24, 2.45) is 0 Å². The summed E-state index contributed by atoms with van der Waals surface area (Å²) >= 11 is 0. The highest BCUT2D eigenvalue weighted by molar-refractivity contribution is 7.89. The summed E-state index contributed by atoms with van der Waals surface area (Å²) in [5.41, 5.74) is 0.870. The van der Waals surface area contributed by atoms with Crippen LogP contribution in [0.5, 0.6) is 5.75 Å². The molecule has 0 aliphatic carbocycles. The summed E-state index contributed by atoms with van der Waals surface area (Å²) in [6, 6.07) is 10.6. The molecular formula is C23H29FN2O5S. The summed E-state index contributed by atoms with van der Waals surface area (Å²) < 4.78 is 52.3. The van der Waals surface area contributed by atoms with Gasteiger partial charge in [0.1, 0.15) is 0 Å². The van der Waals surface area contributed by atoms with E-state index in [4.69, 9.17) is 9.47 Å². The minimum Gasteiger partial charge on any atom is -0.494 e. The SMILES string of the molecule is CCN(Cc1ccc(OC)c(F)c1)C(=O)c1cccc(S(=O)(=O)N2C[C@@H](C)O[C@H](C)C2)c1. The molecule has 2 atom stereocenters. The summed E-state index contributed by atoms with van der Waals surface area (Å²) in [5, 5.41) is 0. The second-order valence-electron chi connectivity index (χ2n) is 7.90. The fourth-order valence-corrected chi connectivity index (χ4v) is 5.44. The highest BCUT2D eigenvalue weighted by Gasteiger charge is 2.32. The third-order valence-corrected chi connectivity index (χ3v) is 7.19. The molecule has 0 unspecified atom stereocenters. The number of benzene rings is 2. The second-order valence-corrected chi connectivity index (χ2v) is 9.83. The standard InChI is InChI=1S/C23H29FN2O5S/c1-5-25(15-18-9-10-22(30-4)21(24)11-18)23(27)19-7-6-8-20(12-19)32(28,29)26-13-16(2)31-17(3)14-26/h6-12,16-17H,5,13-15H2,1-4H3/t16-,17-/m1/s1. The van der Waals surface area contributed by atoms with Gasteiger partial charge in [-0.3, -0.25) is 4.79 Å². The summed E-state index contributed by atoms with van der Waals surface area (Å²) in [6.07, 6.45) is -0.419. The van der Waals surface area contributed by atoms with Gasteiger partial charge >= 0.3 is 0 Å². The van der Waals surface area contributed by atoms with E-state index in [-0.39, 0.29) is 54.0 Å². The van der Waals surface area contributed by atoms with Gasteiger partial charge in [0, 0.05) is 31.7 Å². The first-order chi connectivity index (χ1) is 15.1. The Bertz CT molecular complexity index is 1070. The summed E-state index contributed by atoms with van der Waals surface area (Å²) in [7, 11) is -2.38. The van der Waals surface area contributed by atoms with Gasteiger partial charge in [-0.2, -0.15) is 4.31 Å². The van der Waals surface area contributed by atoms with E-state index in [1.54, 1.807) is 18.2 Å². The monoisotopic (exact) mass is 464 g/mol. The lowest BCUT2D eigenvalue weighted by Gasteiger charge is -2.34. The maximum Gasteiger partial charge on any atom is 0.254 e. The molecule has 0 bridgehead atoms. The van der Waals surface area contributed by atoms with Crippen molar-refractivity contribution in [3.63, 3.8) is 0 Å². The fourth-order valence-electron chi connectivity index (χ4n) is 3.80. The lowest BCUT2D eigenvalue weighted by molar-refractivity contribution is -0.0440. The lowest BCUT2D eigenvalue weighted by Crippen LogP contribution is -2.48. The molecule has 0 radical (unpaired) electrons. The molecule has 0 N–H and O–H groups in total. The van der Waals surface area contributed by atoms with Gasteiger partial charge < -0.3 is 14.4 Å². The van der Waals surface area contributed by atoms with Crippen molar-refractivity contribution in [1.29, 1.82) is 0 Å². The van der Waals surface area contributed by atoms with Crippen LogP contribution in [0.3, 0.4) is 0 Å². The van der Waals surface area contributed by atoms with Crippen molar-refractivity contribution in [1.82, 2.24) is 9.21 Å². The first-order valence-corrected chi connectivity index (χ1v) is 12.0. The summed E-state index contributed by atoms with van der Waals surface area (Å²) in [6.45, 7) is 6.56. The number of rotatable bonds is 7. The maximum absolute atomic E-state index is 14.0. The van der Waals surface area contributed by atoms with E-state index in [1.807, 2.05) is 20.8 Å². The molecule has 9 heteroatoms. The van der Waals surface area contributed by atoms with Crippen molar-refractivity contribution < 1.29 is 27.1 Å². The van der Waals surface area contributed by atoms with E-state index >= 15 is 0 Å². The Morgan fingerprint density at radius 3 is 2.47 bits per heavy atom. The van der Waals surface area contributed by atoms with Gasteiger partial charge in [-0.15, -0.1) is 0 Å². The molecule has 1 heterocycles. The molecule has 1 aliphatic heterocycles. The van der Waals surface area contributed by atoms with Gasteiger partial charge in [-0.25, -0.2) is 12.8 Å². The number of hydrogen-bond acceptors (Lipinski definition) is 5. The third-order valence-electron chi connectivity index (χ3n) is 5.36. The third kappa shape index (κ3) is 5.28. The molecule has 1 saturated heterocycles. The summed E-state index contributed by atoms with van der Waals surface area (Å²) in [5.74, 6) is -0.701. The van der Waals surface area contributed by atoms with Crippen molar-refractivity contribution in [3.8, 4) is 5.75 Å². The molecule has 1 aliphatic rings. The predicted octanol–water partition coefficient (Wildman–Crippen LogP) is 3.29. The minimum atomic E-state index is -3.77. The Balaban J connectivity index is 1.82. The van der Waals surface area contributed by atoms with Crippen LogP contribution in [0.25, 0.3) is 0 Å². The highest BCUT2D eigenvalue weighted by atomic mass is 32.2. The van der Waals surface area contributed by atoms with Gasteiger partial charge in [0.05, 0.1) is 24.2 Å². The van der Waals surface area contributed by atoms with Crippen LogP contribution in [0.4, 0.5) is 4.39 Å². The van der Waals surface area contributed by atoms with E-state index in [1.165, 1.54) is 40.6 Å². The van der Waals surface area contributed by atoms with Crippen LogP contribution in [0.1, 0.15) is 36.7 Å². The topological polar surface area (TPSA) is 76.2 Å². The predicted molar refractivity (Wildman–Crippen MR) is 119 cm³/mol. The number of halogens is 1. The van der Waals surface area contributed by atoms with Crippen molar-refractivity contribution in [2.75, 3.05) is 26.7 Å². The average molecular weight is 465 g/mol. The number of nitrogens with zero attached hydrogens (tertiary/aromatic N) is 2. The molecule has 3 rings (SSSR count). The Hall–Kier alpha value is -2.49. The zero-order valence-electron chi connectivity index (χ0n) is 18.7. The highest BCUT2D eigenvalue weighted by Crippen LogP contribution is 2.23. The molecule has 7 nitrogen and oxygen atoms in total. The van der Waals surface area contributed by atoms with Crippen LogP contribution in [0.15, 0.2) is 47.4 Å². The fraction of sp³-hybridized carbons (Fsp3) is 0.435. The number of amides is 1. The van der Waals surface area contributed by atoms with E-state index in [0.29, 0.717) is 12.1 Å². The quantitative estimate of drug-likeness (QED) is 0.629. The smallest absolute Gasteiger partial charge is 0.254 e. The van der Waals surface area contributed by atoms with Crippen molar-refractivity contribution in [2.45, 2.75) is 44.4 Å². The Morgan fingerprint density at radius 2 is 1.88 bits per heavy atom. The number of carbonyl (C=O) groups excluding carboxylic acids is 1. The number of ether oxygens (including phenoxy) is 2. The molecule has 1 fully saturated rings. The van der Waals surface area contributed by atoms with Gasteiger partial charge in [0.25, 0.3) is 5.91 Å². The van der Waals surface area contributed by atoms with Crippen LogP contribution in [-0.4, -0.2) is 62.5 Å². The summed E-state index contributed by atoms with van der Waals surface area (Å²) in [4.78, 5) is 14.7. The van der Waals surface area contributed by atoms with E-state index in [9.17, 15) is 17.6 Å². The van der Waals surface area contributed by atoms with Gasteiger partial charge in [0.15, 0.2) is 11.6 Å². The van der Waals surface area contributed by atoms with Gasteiger partial charge in [-0.1, -0.05) is 12.1 Å². The number of carbonyl (C=O) groups is 1. The van der Waals surface area contributed by atoms with Gasteiger partial charge in [0.2, 0.25) is 10.0 Å². The van der Waals surface area contributed by atoms with Crippen LogP contribution in [0.2, 0.25) is 0 Å². The average Bonchev–Trinajstić information content (AvgIpc) is 2.76. The Labute approximate surface area is 188 Å². The molecule has 0 spiro atoms. The normalized spacial score (nSPS) is 19.5. The van der Waals surface area contributed by atoms with E-state index in [2.05, 4.69) is 0 Å². The second kappa shape index (κ2) is 9.97. The van der Waals surface area contributed by atoms with Crippen molar-refractivity contribution >= 4 is 15.9 Å². The zero-order valence-corrected chi connectivity index (χ0v) is 19.6. The maximum atomic E-state index is 14.0. The molecule has 2 aromatic carbocycles.